The van der Waals surface area contributed by atoms with Gasteiger partial charge in [-0.3, -0.25) is 4.79 Å². The standard InChI is InChI=1S/C16H25N3O/c1-18-16(20)13-8-6-12(7-9-13)11-19-15-5-3-2-4-14(15)10-17/h6-9,14-15,19H,2-5,10-11,17H2,1H3,(H,18,20). The Morgan fingerprint density at radius 1 is 1.25 bits per heavy atom. The third kappa shape index (κ3) is 3.81. The molecular formula is C16H25N3O. The summed E-state index contributed by atoms with van der Waals surface area (Å²) in [5.74, 6) is 0.564. The summed E-state index contributed by atoms with van der Waals surface area (Å²) in [6.45, 7) is 1.61. The first-order chi connectivity index (χ1) is 9.74. The van der Waals surface area contributed by atoms with E-state index in [0.717, 1.165) is 13.1 Å². The Kier molecular flexibility index (Phi) is 5.56. The zero-order valence-corrected chi connectivity index (χ0v) is 12.2. The number of benzene rings is 1. The number of hydrogen-bond acceptors (Lipinski definition) is 3. The van der Waals surface area contributed by atoms with E-state index in [4.69, 9.17) is 5.73 Å². The first-order valence-electron chi connectivity index (χ1n) is 7.49. The van der Waals surface area contributed by atoms with Gasteiger partial charge in [-0.2, -0.15) is 0 Å². The van der Waals surface area contributed by atoms with E-state index in [0.29, 0.717) is 17.5 Å². The van der Waals surface area contributed by atoms with Crippen LogP contribution in [0.3, 0.4) is 0 Å². The lowest BCUT2D eigenvalue weighted by atomic mass is 9.84. The Bertz CT molecular complexity index is 430. The summed E-state index contributed by atoms with van der Waals surface area (Å²) in [5, 5.41) is 6.25. The highest BCUT2D eigenvalue weighted by Crippen LogP contribution is 2.23. The lowest BCUT2D eigenvalue weighted by molar-refractivity contribution is 0.0963. The van der Waals surface area contributed by atoms with E-state index in [1.165, 1.54) is 31.2 Å². The molecule has 1 aliphatic rings. The maximum Gasteiger partial charge on any atom is 0.251 e. The highest BCUT2D eigenvalue weighted by molar-refractivity contribution is 5.93. The van der Waals surface area contributed by atoms with Crippen LogP contribution in [0, 0.1) is 5.92 Å². The van der Waals surface area contributed by atoms with Gasteiger partial charge in [0.1, 0.15) is 0 Å². The molecule has 2 rings (SSSR count). The molecule has 0 aromatic heterocycles. The number of hydrogen-bond donors (Lipinski definition) is 3. The van der Waals surface area contributed by atoms with Crippen LogP contribution in [0.4, 0.5) is 0 Å². The molecule has 0 spiro atoms. The van der Waals surface area contributed by atoms with Gasteiger partial charge in [-0.05, 0) is 43.0 Å². The van der Waals surface area contributed by atoms with Gasteiger partial charge in [-0.25, -0.2) is 0 Å². The monoisotopic (exact) mass is 275 g/mol. The maximum atomic E-state index is 11.5. The van der Waals surface area contributed by atoms with Crippen molar-refractivity contribution in [2.45, 2.75) is 38.3 Å². The third-order valence-electron chi connectivity index (χ3n) is 4.22. The Balaban J connectivity index is 1.88. The smallest absolute Gasteiger partial charge is 0.251 e. The summed E-state index contributed by atoms with van der Waals surface area (Å²) in [6.07, 6.45) is 5.06. The number of rotatable bonds is 5. The van der Waals surface area contributed by atoms with Crippen molar-refractivity contribution in [2.24, 2.45) is 11.7 Å². The van der Waals surface area contributed by atoms with Crippen LogP contribution in [-0.4, -0.2) is 25.5 Å². The third-order valence-corrected chi connectivity index (χ3v) is 4.22. The Labute approximate surface area is 121 Å². The fraction of sp³-hybridized carbons (Fsp3) is 0.562. The molecule has 1 saturated carbocycles. The van der Waals surface area contributed by atoms with Gasteiger partial charge in [0.25, 0.3) is 5.91 Å². The molecule has 0 aliphatic heterocycles. The summed E-state index contributed by atoms with van der Waals surface area (Å²) < 4.78 is 0. The van der Waals surface area contributed by atoms with E-state index in [1.54, 1.807) is 7.05 Å². The molecule has 20 heavy (non-hydrogen) atoms. The minimum absolute atomic E-state index is 0.0417. The molecule has 1 aromatic rings. The molecule has 4 nitrogen and oxygen atoms in total. The second-order valence-corrected chi connectivity index (χ2v) is 5.54. The molecule has 2 unspecified atom stereocenters. The van der Waals surface area contributed by atoms with Gasteiger partial charge in [-0.15, -0.1) is 0 Å². The van der Waals surface area contributed by atoms with Crippen LogP contribution in [-0.2, 0) is 6.54 Å². The average Bonchev–Trinajstić information content (AvgIpc) is 2.53. The van der Waals surface area contributed by atoms with Crippen molar-refractivity contribution in [1.29, 1.82) is 0 Å². The number of nitrogens with two attached hydrogens (primary N) is 1. The molecule has 2 atom stereocenters. The van der Waals surface area contributed by atoms with Crippen molar-refractivity contribution in [1.82, 2.24) is 10.6 Å². The van der Waals surface area contributed by atoms with Gasteiger partial charge in [0.05, 0.1) is 0 Å². The van der Waals surface area contributed by atoms with Crippen LogP contribution in [0.1, 0.15) is 41.6 Å². The van der Waals surface area contributed by atoms with Crippen LogP contribution >= 0.6 is 0 Å². The Hall–Kier alpha value is -1.39. The lowest BCUT2D eigenvalue weighted by Crippen LogP contribution is -2.41. The van der Waals surface area contributed by atoms with Gasteiger partial charge in [0, 0.05) is 25.2 Å². The highest BCUT2D eigenvalue weighted by Gasteiger charge is 2.23. The minimum atomic E-state index is -0.0417. The molecule has 1 amide bonds. The number of nitrogens with one attached hydrogen (secondary N) is 2. The van der Waals surface area contributed by atoms with Crippen LogP contribution in [0.5, 0.6) is 0 Å². The molecule has 4 N–H and O–H groups in total. The SMILES string of the molecule is CNC(=O)c1ccc(CNC2CCCCC2CN)cc1. The predicted molar refractivity (Wildman–Crippen MR) is 81.5 cm³/mol. The number of carbonyl (C=O) groups excluding carboxylic acids is 1. The molecule has 4 heteroatoms. The van der Waals surface area contributed by atoms with E-state index in [9.17, 15) is 4.79 Å². The van der Waals surface area contributed by atoms with E-state index in [2.05, 4.69) is 10.6 Å². The fourth-order valence-electron chi connectivity index (χ4n) is 2.93. The zero-order chi connectivity index (χ0) is 14.4. The first kappa shape index (κ1) is 15.0. The summed E-state index contributed by atoms with van der Waals surface area (Å²) in [6, 6.07) is 8.30. The molecular weight excluding hydrogens is 250 g/mol. The van der Waals surface area contributed by atoms with Crippen LogP contribution in [0.15, 0.2) is 24.3 Å². The Morgan fingerprint density at radius 3 is 2.60 bits per heavy atom. The normalized spacial score (nSPS) is 22.5. The van der Waals surface area contributed by atoms with Gasteiger partial charge in [0.2, 0.25) is 0 Å². The lowest BCUT2D eigenvalue weighted by Gasteiger charge is -2.31. The molecule has 1 aromatic carbocycles. The van der Waals surface area contributed by atoms with Gasteiger partial charge in [0.15, 0.2) is 0 Å². The molecule has 0 bridgehead atoms. The molecule has 1 aliphatic carbocycles. The fourth-order valence-corrected chi connectivity index (χ4v) is 2.93. The highest BCUT2D eigenvalue weighted by atomic mass is 16.1. The van der Waals surface area contributed by atoms with Crippen molar-refractivity contribution >= 4 is 5.91 Å². The van der Waals surface area contributed by atoms with Crippen molar-refractivity contribution in [2.75, 3.05) is 13.6 Å². The molecule has 110 valence electrons. The maximum absolute atomic E-state index is 11.5. The average molecular weight is 275 g/mol. The second-order valence-electron chi connectivity index (χ2n) is 5.54. The van der Waals surface area contributed by atoms with E-state index in [-0.39, 0.29) is 5.91 Å². The summed E-state index contributed by atoms with van der Waals surface area (Å²) >= 11 is 0. The summed E-state index contributed by atoms with van der Waals surface area (Å²) in [7, 11) is 1.65. The zero-order valence-electron chi connectivity index (χ0n) is 12.2. The van der Waals surface area contributed by atoms with Crippen molar-refractivity contribution in [3.8, 4) is 0 Å². The molecule has 0 heterocycles. The quantitative estimate of drug-likeness (QED) is 0.765. The molecule has 1 fully saturated rings. The van der Waals surface area contributed by atoms with Crippen molar-refractivity contribution in [3.05, 3.63) is 35.4 Å². The van der Waals surface area contributed by atoms with Crippen molar-refractivity contribution in [3.63, 3.8) is 0 Å². The summed E-state index contributed by atoms with van der Waals surface area (Å²) in [5.41, 5.74) is 7.76. The minimum Gasteiger partial charge on any atom is -0.355 e. The first-order valence-corrected chi connectivity index (χ1v) is 7.49. The van der Waals surface area contributed by atoms with E-state index >= 15 is 0 Å². The van der Waals surface area contributed by atoms with E-state index < -0.39 is 0 Å². The second kappa shape index (κ2) is 7.41. The van der Waals surface area contributed by atoms with Crippen molar-refractivity contribution < 1.29 is 4.79 Å². The van der Waals surface area contributed by atoms with E-state index in [1.807, 2.05) is 24.3 Å². The van der Waals surface area contributed by atoms with Crippen LogP contribution < -0.4 is 16.4 Å². The van der Waals surface area contributed by atoms with Gasteiger partial charge >= 0.3 is 0 Å². The number of amides is 1. The Morgan fingerprint density at radius 2 is 1.95 bits per heavy atom. The van der Waals surface area contributed by atoms with Gasteiger partial charge < -0.3 is 16.4 Å². The summed E-state index contributed by atoms with van der Waals surface area (Å²) in [4.78, 5) is 11.5. The van der Waals surface area contributed by atoms with Gasteiger partial charge in [-0.1, -0.05) is 25.0 Å². The molecule has 0 radical (unpaired) electrons. The number of carbonyl (C=O) groups is 1. The largest absolute Gasteiger partial charge is 0.355 e. The predicted octanol–water partition coefficient (Wildman–Crippen LogP) is 1.65. The van der Waals surface area contributed by atoms with Crippen LogP contribution in [0.25, 0.3) is 0 Å². The topological polar surface area (TPSA) is 67.2 Å². The van der Waals surface area contributed by atoms with Crippen LogP contribution in [0.2, 0.25) is 0 Å². The molecule has 0 saturated heterocycles.